The lowest BCUT2D eigenvalue weighted by Gasteiger charge is -2.27. The Hall–Kier alpha value is -0.540. The van der Waals surface area contributed by atoms with E-state index in [1.165, 1.54) is 0 Å². The lowest BCUT2D eigenvalue weighted by molar-refractivity contribution is 0.101. The molecule has 1 aliphatic heterocycles. The summed E-state index contributed by atoms with van der Waals surface area (Å²) in [4.78, 5) is 0. The van der Waals surface area contributed by atoms with Crippen LogP contribution in [0.5, 0.6) is 0 Å². The Bertz CT molecular complexity index is 99.8. The van der Waals surface area contributed by atoms with Crippen molar-refractivity contribution >= 4 is 0 Å². The van der Waals surface area contributed by atoms with Gasteiger partial charge in [-0.1, -0.05) is 6.08 Å². The molecule has 1 rings (SSSR count). The minimum atomic E-state index is 0.977. The first-order chi connectivity index (χ1) is 3.79. The molecule has 0 saturated carbocycles. The molecule has 1 N–H and O–H groups in total. The van der Waals surface area contributed by atoms with Crippen molar-refractivity contribution in [1.29, 1.82) is 0 Å². The van der Waals surface area contributed by atoms with Gasteiger partial charge >= 0.3 is 0 Å². The fourth-order valence-corrected chi connectivity index (χ4v) is 0.707. The van der Waals surface area contributed by atoms with Crippen molar-refractivity contribution in [3.05, 3.63) is 12.3 Å². The molecule has 0 aromatic heterocycles. The van der Waals surface area contributed by atoms with E-state index in [1.807, 2.05) is 30.3 Å². The van der Waals surface area contributed by atoms with Gasteiger partial charge < -0.3 is 5.01 Å². The van der Waals surface area contributed by atoms with Crippen LogP contribution in [0.2, 0.25) is 0 Å². The summed E-state index contributed by atoms with van der Waals surface area (Å²) in [6.07, 6.45) is 4.09. The van der Waals surface area contributed by atoms with Crippen molar-refractivity contribution in [2.75, 3.05) is 20.6 Å². The van der Waals surface area contributed by atoms with Gasteiger partial charge in [-0.3, -0.25) is 0 Å². The van der Waals surface area contributed by atoms with E-state index in [2.05, 4.69) is 11.6 Å². The van der Waals surface area contributed by atoms with Crippen molar-refractivity contribution in [3.8, 4) is 0 Å². The molecule has 0 fully saturated rings. The minimum Gasteiger partial charge on any atom is -0.306 e. The van der Waals surface area contributed by atoms with Gasteiger partial charge in [0, 0.05) is 26.8 Å². The zero-order valence-corrected chi connectivity index (χ0v) is 5.26. The number of hydrogen-bond donors (Lipinski definition) is 1. The van der Waals surface area contributed by atoms with Gasteiger partial charge in [-0.2, -0.15) is 5.53 Å². The summed E-state index contributed by atoms with van der Waals surface area (Å²) >= 11 is 0. The van der Waals surface area contributed by atoms with Crippen LogP contribution >= 0.6 is 0 Å². The first kappa shape index (κ1) is 5.59. The minimum absolute atomic E-state index is 0.977. The summed E-state index contributed by atoms with van der Waals surface area (Å²) in [7, 11) is 3.96. The van der Waals surface area contributed by atoms with Gasteiger partial charge in [0.15, 0.2) is 0 Å². The number of hydrogen-bond acceptors (Lipinski definition) is 3. The highest BCUT2D eigenvalue weighted by atomic mass is 15.7. The maximum atomic E-state index is 3.06. The Labute approximate surface area is 49.5 Å². The van der Waals surface area contributed by atoms with Crippen LogP contribution in [-0.2, 0) is 0 Å². The molecular formula is C5H11N3. The molecule has 0 saturated heterocycles. The molecule has 1 aliphatic rings. The highest BCUT2D eigenvalue weighted by Crippen LogP contribution is 1.88. The van der Waals surface area contributed by atoms with Crippen molar-refractivity contribution in [2.45, 2.75) is 0 Å². The smallest absolute Gasteiger partial charge is 0.0343 e. The Balaban J connectivity index is 2.42. The molecule has 0 atom stereocenters. The van der Waals surface area contributed by atoms with Crippen LogP contribution < -0.4 is 5.53 Å². The number of hydrazine groups is 2. The fraction of sp³-hybridized carbons (Fsp3) is 0.600. The van der Waals surface area contributed by atoms with Gasteiger partial charge in [-0.05, 0) is 0 Å². The molecule has 3 heteroatoms. The van der Waals surface area contributed by atoms with Crippen molar-refractivity contribution < 1.29 is 0 Å². The third kappa shape index (κ3) is 1.21. The van der Waals surface area contributed by atoms with E-state index >= 15 is 0 Å². The van der Waals surface area contributed by atoms with E-state index in [-0.39, 0.29) is 0 Å². The largest absolute Gasteiger partial charge is 0.306 e. The third-order valence-electron chi connectivity index (χ3n) is 1.04. The molecule has 0 radical (unpaired) electrons. The molecule has 8 heavy (non-hydrogen) atoms. The van der Waals surface area contributed by atoms with E-state index < -0.39 is 0 Å². The predicted molar refractivity (Wildman–Crippen MR) is 32.7 cm³/mol. The second-order valence-corrected chi connectivity index (χ2v) is 1.98. The summed E-state index contributed by atoms with van der Waals surface area (Å²) in [5.74, 6) is 0. The Morgan fingerprint density at radius 3 is 2.62 bits per heavy atom. The van der Waals surface area contributed by atoms with Gasteiger partial charge in [0.2, 0.25) is 0 Å². The number of likely N-dealkylation sites (N-methyl/N-ethyl adjacent to an activating group) is 1. The SMILES string of the molecule is CN1C=CCN(C)N1. The van der Waals surface area contributed by atoms with Crippen LogP contribution in [0, 0.1) is 0 Å². The van der Waals surface area contributed by atoms with Crippen molar-refractivity contribution in [1.82, 2.24) is 15.6 Å². The standard InChI is InChI=1S/C5H11N3/c1-7-4-3-5-8(2)6-7/h3-4,6H,5H2,1-2H3. The van der Waals surface area contributed by atoms with E-state index in [0.29, 0.717) is 0 Å². The molecule has 0 unspecified atom stereocenters. The number of rotatable bonds is 0. The second-order valence-electron chi connectivity index (χ2n) is 1.98. The Morgan fingerprint density at radius 1 is 1.50 bits per heavy atom. The molecule has 1 heterocycles. The molecule has 0 aromatic carbocycles. The summed E-state index contributed by atoms with van der Waals surface area (Å²) in [6, 6.07) is 0. The second kappa shape index (κ2) is 2.15. The topological polar surface area (TPSA) is 18.5 Å². The lowest BCUT2D eigenvalue weighted by atomic mass is 10.5. The quantitative estimate of drug-likeness (QED) is 0.469. The van der Waals surface area contributed by atoms with E-state index in [9.17, 15) is 0 Å². The van der Waals surface area contributed by atoms with Crippen molar-refractivity contribution in [2.24, 2.45) is 0 Å². The van der Waals surface area contributed by atoms with Gasteiger partial charge in [0.05, 0.1) is 0 Å². The maximum Gasteiger partial charge on any atom is 0.0343 e. The molecule has 0 spiro atoms. The monoisotopic (exact) mass is 113 g/mol. The molecule has 3 nitrogen and oxygen atoms in total. The first-order valence-electron chi connectivity index (χ1n) is 2.66. The fourth-order valence-electron chi connectivity index (χ4n) is 0.707. The van der Waals surface area contributed by atoms with Crippen LogP contribution in [-0.4, -0.2) is 30.7 Å². The lowest BCUT2D eigenvalue weighted by Crippen LogP contribution is -2.45. The number of nitrogens with zero attached hydrogens (tertiary/aromatic N) is 2. The summed E-state index contributed by atoms with van der Waals surface area (Å²) in [6.45, 7) is 0.977. The average molecular weight is 113 g/mol. The van der Waals surface area contributed by atoms with E-state index in [1.54, 1.807) is 0 Å². The zero-order chi connectivity index (χ0) is 5.98. The predicted octanol–water partition coefficient (Wildman–Crippen LogP) is -0.203. The Kier molecular flexibility index (Phi) is 1.50. The van der Waals surface area contributed by atoms with E-state index in [4.69, 9.17) is 0 Å². The van der Waals surface area contributed by atoms with Gasteiger partial charge in [0.1, 0.15) is 0 Å². The van der Waals surface area contributed by atoms with Crippen molar-refractivity contribution in [3.63, 3.8) is 0 Å². The van der Waals surface area contributed by atoms with E-state index in [0.717, 1.165) is 6.54 Å². The molecule has 46 valence electrons. The molecule has 0 amide bonds. The summed E-state index contributed by atoms with van der Waals surface area (Å²) in [5.41, 5.74) is 3.06. The number of nitrogens with one attached hydrogen (secondary N) is 1. The third-order valence-corrected chi connectivity index (χ3v) is 1.04. The Morgan fingerprint density at radius 2 is 2.25 bits per heavy atom. The van der Waals surface area contributed by atoms with Gasteiger partial charge in [-0.15, -0.1) is 0 Å². The molecule has 0 aromatic rings. The van der Waals surface area contributed by atoms with Crippen LogP contribution in [0.4, 0.5) is 0 Å². The zero-order valence-electron chi connectivity index (χ0n) is 5.26. The van der Waals surface area contributed by atoms with Crippen LogP contribution in [0.15, 0.2) is 12.3 Å². The summed E-state index contributed by atoms with van der Waals surface area (Å²) in [5, 5.41) is 3.91. The highest BCUT2D eigenvalue weighted by molar-refractivity contribution is 4.84. The van der Waals surface area contributed by atoms with Crippen LogP contribution in [0.1, 0.15) is 0 Å². The maximum absolute atomic E-state index is 3.06. The van der Waals surface area contributed by atoms with Crippen LogP contribution in [0.25, 0.3) is 0 Å². The molecular weight excluding hydrogens is 102 g/mol. The normalized spacial score (nSPS) is 22.0. The average Bonchev–Trinajstić information content (AvgIpc) is 1.64. The molecule has 0 aliphatic carbocycles. The summed E-state index contributed by atoms with van der Waals surface area (Å²) < 4.78 is 0. The highest BCUT2D eigenvalue weighted by Gasteiger charge is 1.99. The molecule has 0 bridgehead atoms. The van der Waals surface area contributed by atoms with Gasteiger partial charge in [-0.25, -0.2) is 5.01 Å². The van der Waals surface area contributed by atoms with Gasteiger partial charge in [0.25, 0.3) is 0 Å². The van der Waals surface area contributed by atoms with Crippen LogP contribution in [0.3, 0.4) is 0 Å². The first-order valence-corrected chi connectivity index (χ1v) is 2.66.